The van der Waals surface area contributed by atoms with Gasteiger partial charge in [-0.2, -0.15) is 0 Å². The maximum atomic E-state index is 13.2. The molecule has 0 saturated heterocycles. The summed E-state index contributed by atoms with van der Waals surface area (Å²) < 4.78 is 17.0. The second-order valence-electron chi connectivity index (χ2n) is 7.77. The molecular weight excluding hydrogens is 414 g/mol. The number of methoxy groups -OCH3 is 1. The van der Waals surface area contributed by atoms with E-state index in [1.807, 2.05) is 72.8 Å². The van der Waals surface area contributed by atoms with E-state index in [9.17, 15) is 4.79 Å². The molecule has 0 N–H and O–H groups in total. The van der Waals surface area contributed by atoms with E-state index < -0.39 is 0 Å². The largest absolute Gasteiger partial charge is 0.497 e. The van der Waals surface area contributed by atoms with Crippen LogP contribution in [0.15, 0.2) is 82.0 Å². The van der Waals surface area contributed by atoms with Crippen LogP contribution in [0.1, 0.15) is 13.8 Å². The molecule has 0 amide bonds. The Balaban J connectivity index is 1.80. The summed E-state index contributed by atoms with van der Waals surface area (Å²) in [7, 11) is 1.62. The van der Waals surface area contributed by atoms with E-state index in [1.54, 1.807) is 7.11 Å². The molecular formula is C28H29NO4. The second kappa shape index (κ2) is 10.4. The van der Waals surface area contributed by atoms with Crippen LogP contribution < -0.4 is 15.1 Å². The first kappa shape index (κ1) is 22.6. The zero-order valence-electron chi connectivity index (χ0n) is 19.3. The lowest BCUT2D eigenvalue weighted by Crippen LogP contribution is -2.27. The fraction of sp³-hybridized carbons (Fsp3) is 0.250. The summed E-state index contributed by atoms with van der Waals surface area (Å²) in [6.07, 6.45) is 0. The first-order chi connectivity index (χ1) is 16.1. The van der Waals surface area contributed by atoms with Crippen molar-refractivity contribution in [3.63, 3.8) is 0 Å². The van der Waals surface area contributed by atoms with Gasteiger partial charge in [0.15, 0.2) is 0 Å². The summed E-state index contributed by atoms with van der Waals surface area (Å²) in [4.78, 5) is 15.5. The van der Waals surface area contributed by atoms with Crippen LogP contribution in [0.5, 0.6) is 11.5 Å². The first-order valence-corrected chi connectivity index (χ1v) is 11.3. The van der Waals surface area contributed by atoms with Gasteiger partial charge in [0.05, 0.1) is 12.7 Å². The predicted molar refractivity (Wildman–Crippen MR) is 133 cm³/mol. The van der Waals surface area contributed by atoms with Crippen molar-refractivity contribution < 1.29 is 13.9 Å². The third-order valence-electron chi connectivity index (χ3n) is 5.89. The van der Waals surface area contributed by atoms with Crippen molar-refractivity contribution in [2.45, 2.75) is 13.8 Å². The van der Waals surface area contributed by atoms with Gasteiger partial charge in [-0.1, -0.05) is 56.3 Å². The van der Waals surface area contributed by atoms with E-state index in [1.165, 1.54) is 0 Å². The third kappa shape index (κ3) is 4.94. The standard InChI is InChI=1S/C28H29NO4/c1-4-29(5-2)17-18-32-23-15-16-24-25(19-23)33-28(30)27(21-11-13-22(31-3)14-12-21)26(24)20-9-7-6-8-10-20/h6-16,19H,4-5,17-18H2,1-3H3. The lowest BCUT2D eigenvalue weighted by Gasteiger charge is -2.18. The van der Waals surface area contributed by atoms with Crippen LogP contribution in [-0.2, 0) is 0 Å². The summed E-state index contributed by atoms with van der Waals surface area (Å²) in [5.41, 5.74) is 3.25. The number of hydrogen-bond acceptors (Lipinski definition) is 5. The van der Waals surface area contributed by atoms with Gasteiger partial charge < -0.3 is 18.8 Å². The Kier molecular flexibility index (Phi) is 7.10. The second-order valence-corrected chi connectivity index (χ2v) is 7.77. The van der Waals surface area contributed by atoms with E-state index in [0.717, 1.165) is 47.5 Å². The van der Waals surface area contributed by atoms with Crippen molar-refractivity contribution in [2.24, 2.45) is 0 Å². The molecule has 0 unspecified atom stereocenters. The van der Waals surface area contributed by atoms with Crippen LogP contribution >= 0.6 is 0 Å². The van der Waals surface area contributed by atoms with Crippen LogP contribution in [0.3, 0.4) is 0 Å². The van der Waals surface area contributed by atoms with Gasteiger partial charge in [-0.05, 0) is 48.5 Å². The van der Waals surface area contributed by atoms with Crippen molar-refractivity contribution in [3.05, 3.63) is 83.2 Å². The average molecular weight is 444 g/mol. The Morgan fingerprint density at radius 3 is 2.15 bits per heavy atom. The van der Waals surface area contributed by atoms with E-state index in [0.29, 0.717) is 23.5 Å². The molecule has 5 nitrogen and oxygen atoms in total. The maximum absolute atomic E-state index is 13.2. The minimum atomic E-state index is -0.383. The van der Waals surface area contributed by atoms with Gasteiger partial charge in [0.2, 0.25) is 0 Å². The highest BCUT2D eigenvalue weighted by atomic mass is 16.5. The van der Waals surface area contributed by atoms with Gasteiger partial charge >= 0.3 is 5.63 Å². The molecule has 4 rings (SSSR count). The highest BCUT2D eigenvalue weighted by Crippen LogP contribution is 2.37. The van der Waals surface area contributed by atoms with Crippen LogP contribution in [0.4, 0.5) is 0 Å². The number of hydrogen-bond donors (Lipinski definition) is 0. The first-order valence-electron chi connectivity index (χ1n) is 11.3. The lowest BCUT2D eigenvalue weighted by molar-refractivity contribution is 0.223. The summed E-state index contributed by atoms with van der Waals surface area (Å²) in [5.74, 6) is 1.42. The summed E-state index contributed by atoms with van der Waals surface area (Å²) >= 11 is 0. The Hall–Kier alpha value is -3.57. The zero-order chi connectivity index (χ0) is 23.2. The molecule has 0 spiro atoms. The number of rotatable bonds is 9. The van der Waals surface area contributed by atoms with Crippen LogP contribution in [-0.4, -0.2) is 38.3 Å². The quantitative estimate of drug-likeness (QED) is 0.304. The zero-order valence-corrected chi connectivity index (χ0v) is 19.3. The van der Waals surface area contributed by atoms with E-state index in [-0.39, 0.29) is 5.63 Å². The Morgan fingerprint density at radius 2 is 1.48 bits per heavy atom. The Labute approximate surface area is 194 Å². The Bertz CT molecular complexity index is 1260. The normalized spacial score (nSPS) is 11.2. The van der Waals surface area contributed by atoms with E-state index >= 15 is 0 Å². The summed E-state index contributed by atoms with van der Waals surface area (Å²) in [5, 5.41) is 0.864. The molecule has 0 atom stereocenters. The number of likely N-dealkylation sites (N-methyl/N-ethyl adjacent to an activating group) is 1. The molecule has 0 aliphatic heterocycles. The van der Waals surface area contributed by atoms with Gasteiger partial charge in [0, 0.05) is 23.6 Å². The molecule has 1 heterocycles. The minimum Gasteiger partial charge on any atom is -0.497 e. The number of nitrogens with zero attached hydrogens (tertiary/aromatic N) is 1. The van der Waals surface area contributed by atoms with Gasteiger partial charge in [0.1, 0.15) is 23.7 Å². The smallest absolute Gasteiger partial charge is 0.344 e. The molecule has 33 heavy (non-hydrogen) atoms. The van der Waals surface area contributed by atoms with Gasteiger partial charge in [0.25, 0.3) is 0 Å². The molecule has 0 bridgehead atoms. The molecule has 3 aromatic carbocycles. The molecule has 0 saturated carbocycles. The minimum absolute atomic E-state index is 0.383. The van der Waals surface area contributed by atoms with Crippen LogP contribution in [0.25, 0.3) is 33.2 Å². The molecule has 0 fully saturated rings. The highest BCUT2D eigenvalue weighted by Gasteiger charge is 2.18. The fourth-order valence-electron chi connectivity index (χ4n) is 4.03. The third-order valence-corrected chi connectivity index (χ3v) is 5.89. The molecule has 4 aromatic rings. The lowest BCUT2D eigenvalue weighted by atomic mass is 9.93. The number of benzene rings is 3. The van der Waals surface area contributed by atoms with Crippen molar-refractivity contribution in [1.29, 1.82) is 0 Å². The molecule has 1 aromatic heterocycles. The van der Waals surface area contributed by atoms with Crippen molar-refractivity contribution >= 4 is 11.0 Å². The molecule has 0 aliphatic rings. The summed E-state index contributed by atoms with van der Waals surface area (Å²) in [6, 6.07) is 23.1. The van der Waals surface area contributed by atoms with Gasteiger partial charge in [-0.15, -0.1) is 0 Å². The van der Waals surface area contributed by atoms with Gasteiger partial charge in [-0.3, -0.25) is 0 Å². The Morgan fingerprint density at radius 1 is 0.818 bits per heavy atom. The monoisotopic (exact) mass is 443 g/mol. The molecule has 5 heteroatoms. The van der Waals surface area contributed by atoms with Crippen molar-refractivity contribution in [3.8, 4) is 33.8 Å². The van der Waals surface area contributed by atoms with E-state index in [4.69, 9.17) is 13.9 Å². The predicted octanol–water partition coefficient (Wildman–Crippen LogP) is 5.86. The SMILES string of the molecule is CCN(CC)CCOc1ccc2c(-c3ccccc3)c(-c3ccc(OC)cc3)c(=O)oc2c1. The fourth-order valence-corrected chi connectivity index (χ4v) is 4.03. The molecule has 0 aliphatic carbocycles. The van der Waals surface area contributed by atoms with Crippen LogP contribution in [0, 0.1) is 0 Å². The van der Waals surface area contributed by atoms with Crippen LogP contribution in [0.2, 0.25) is 0 Å². The number of fused-ring (bicyclic) bond motifs is 1. The molecule has 0 radical (unpaired) electrons. The highest BCUT2D eigenvalue weighted by molar-refractivity contribution is 6.01. The average Bonchev–Trinajstić information content (AvgIpc) is 2.86. The maximum Gasteiger partial charge on any atom is 0.344 e. The van der Waals surface area contributed by atoms with Gasteiger partial charge in [-0.25, -0.2) is 4.79 Å². The summed E-state index contributed by atoms with van der Waals surface area (Å²) in [6.45, 7) is 7.68. The topological polar surface area (TPSA) is 51.9 Å². The number of ether oxygens (including phenoxy) is 2. The van der Waals surface area contributed by atoms with Crippen molar-refractivity contribution in [2.75, 3.05) is 33.4 Å². The molecule has 170 valence electrons. The van der Waals surface area contributed by atoms with Crippen molar-refractivity contribution in [1.82, 2.24) is 4.90 Å². The van der Waals surface area contributed by atoms with E-state index in [2.05, 4.69) is 18.7 Å².